The van der Waals surface area contributed by atoms with Crippen molar-refractivity contribution in [1.82, 2.24) is 4.90 Å². The zero-order valence-corrected chi connectivity index (χ0v) is 13.4. The van der Waals surface area contributed by atoms with Crippen molar-refractivity contribution in [2.75, 3.05) is 20.7 Å². The van der Waals surface area contributed by atoms with Crippen LogP contribution in [0, 0.1) is 0 Å². The molecule has 4 heteroatoms. The lowest BCUT2D eigenvalue weighted by Gasteiger charge is -2.29. The van der Waals surface area contributed by atoms with Gasteiger partial charge in [-0.2, -0.15) is 0 Å². The molecule has 4 N–H and O–H groups in total. The second-order valence-corrected chi connectivity index (χ2v) is 5.79. The molecular weight excluding hydrogens is 252 g/mol. The molecule has 0 aromatic heterocycles. The van der Waals surface area contributed by atoms with Gasteiger partial charge in [-0.1, -0.05) is 37.3 Å². The quantitative estimate of drug-likeness (QED) is 0.770. The summed E-state index contributed by atoms with van der Waals surface area (Å²) in [6.45, 7) is 6.16. The summed E-state index contributed by atoms with van der Waals surface area (Å²) < 4.78 is 0. The van der Waals surface area contributed by atoms with Crippen LogP contribution >= 0.6 is 0 Å². The van der Waals surface area contributed by atoms with Crippen molar-refractivity contribution in [3.8, 4) is 0 Å². The lowest BCUT2D eigenvalue weighted by atomic mass is 10.0. The number of aliphatic hydroxyl groups excluding tert-OH is 2. The van der Waals surface area contributed by atoms with Crippen molar-refractivity contribution in [3.05, 3.63) is 35.9 Å². The molecule has 0 spiro atoms. The number of benzene rings is 1. The van der Waals surface area contributed by atoms with Crippen LogP contribution < -0.4 is 5.73 Å². The van der Waals surface area contributed by atoms with E-state index < -0.39 is 6.10 Å². The Morgan fingerprint density at radius 1 is 1.20 bits per heavy atom. The molecule has 0 aliphatic heterocycles. The summed E-state index contributed by atoms with van der Waals surface area (Å²) in [6.07, 6.45) is 0.256. The average molecular weight is 282 g/mol. The normalized spacial score (nSPS) is 14.4. The van der Waals surface area contributed by atoms with Crippen LogP contribution in [0.2, 0.25) is 0 Å². The average Bonchev–Trinajstić information content (AvgIpc) is 2.47. The highest BCUT2D eigenvalue weighted by Gasteiger charge is 2.17. The molecule has 116 valence electrons. The van der Waals surface area contributed by atoms with Gasteiger partial charge in [-0.3, -0.25) is 0 Å². The second-order valence-electron chi connectivity index (χ2n) is 5.79. The summed E-state index contributed by atoms with van der Waals surface area (Å²) in [4.78, 5) is 1.99. The Morgan fingerprint density at radius 2 is 1.70 bits per heavy atom. The zero-order chi connectivity index (χ0) is 15.8. The molecule has 0 saturated heterocycles. The van der Waals surface area contributed by atoms with Crippen LogP contribution in [0.4, 0.5) is 0 Å². The maximum Gasteiger partial charge on any atom is 0.0940 e. The van der Waals surface area contributed by atoms with Gasteiger partial charge in [0.2, 0.25) is 0 Å². The molecule has 0 radical (unpaired) electrons. The third-order valence-corrected chi connectivity index (χ3v) is 3.62. The monoisotopic (exact) mass is 282 g/mol. The molecule has 0 aliphatic carbocycles. The van der Waals surface area contributed by atoms with E-state index in [1.165, 1.54) is 0 Å². The number of aliphatic hydroxyl groups is 2. The summed E-state index contributed by atoms with van der Waals surface area (Å²) in [5.74, 6) is 0. The Bertz CT molecular complexity index is 353. The Morgan fingerprint density at radius 3 is 2.00 bits per heavy atom. The maximum absolute atomic E-state index is 9.66. The number of rotatable bonds is 5. The summed E-state index contributed by atoms with van der Waals surface area (Å²) >= 11 is 0. The van der Waals surface area contributed by atoms with E-state index in [9.17, 15) is 5.11 Å². The first-order chi connectivity index (χ1) is 9.26. The van der Waals surface area contributed by atoms with Crippen molar-refractivity contribution >= 4 is 0 Å². The Hall–Kier alpha value is -0.940. The fourth-order valence-corrected chi connectivity index (χ4v) is 1.26. The topological polar surface area (TPSA) is 69.7 Å². The summed E-state index contributed by atoms with van der Waals surface area (Å²) in [6, 6.07) is 9.35. The minimum atomic E-state index is -0.531. The minimum absolute atomic E-state index is 0.0694. The molecule has 0 heterocycles. The smallest absolute Gasteiger partial charge is 0.0940 e. The number of likely N-dealkylation sites (N-methyl/N-ethyl adjacent to an activating group) is 1. The van der Waals surface area contributed by atoms with E-state index in [1.54, 1.807) is 0 Å². The van der Waals surface area contributed by atoms with Gasteiger partial charge in [0, 0.05) is 11.6 Å². The highest BCUT2D eigenvalue weighted by molar-refractivity contribution is 5.18. The minimum Gasteiger partial charge on any atom is -0.394 e. The Labute approximate surface area is 123 Å². The Balaban J connectivity index is 0.000000396. The molecule has 1 rings (SSSR count). The van der Waals surface area contributed by atoms with Crippen LogP contribution in [0.3, 0.4) is 0 Å². The standard InChI is InChI=1S/C10H15NO.C6H15NO/c1-2-9(11)10(12)8-6-4-3-5-7-8;1-6(2,5-8)7(3)4/h3-7,9-10,12H,2,11H2,1H3;8H,5H2,1-4H3. The molecular formula is C16H30N2O2. The van der Waals surface area contributed by atoms with Gasteiger partial charge in [0.15, 0.2) is 0 Å². The molecule has 1 aromatic carbocycles. The van der Waals surface area contributed by atoms with Crippen LogP contribution in [-0.4, -0.2) is 47.4 Å². The van der Waals surface area contributed by atoms with Gasteiger partial charge in [-0.05, 0) is 39.9 Å². The largest absolute Gasteiger partial charge is 0.394 e. The zero-order valence-electron chi connectivity index (χ0n) is 13.4. The first kappa shape index (κ1) is 19.1. The first-order valence-corrected chi connectivity index (χ1v) is 7.03. The number of hydrogen-bond donors (Lipinski definition) is 3. The van der Waals surface area contributed by atoms with E-state index in [4.69, 9.17) is 10.8 Å². The molecule has 2 unspecified atom stereocenters. The molecule has 0 bridgehead atoms. The predicted octanol–water partition coefficient (Wildman–Crippen LogP) is 1.78. The van der Waals surface area contributed by atoms with Crippen molar-refractivity contribution in [1.29, 1.82) is 0 Å². The van der Waals surface area contributed by atoms with Gasteiger partial charge in [0.1, 0.15) is 0 Å². The third kappa shape index (κ3) is 6.48. The van der Waals surface area contributed by atoms with Crippen LogP contribution in [0.5, 0.6) is 0 Å². The highest BCUT2D eigenvalue weighted by Crippen LogP contribution is 2.16. The van der Waals surface area contributed by atoms with E-state index in [0.29, 0.717) is 0 Å². The fraction of sp³-hybridized carbons (Fsp3) is 0.625. The van der Waals surface area contributed by atoms with Gasteiger partial charge in [-0.15, -0.1) is 0 Å². The third-order valence-electron chi connectivity index (χ3n) is 3.62. The van der Waals surface area contributed by atoms with E-state index in [1.807, 2.05) is 70.1 Å². The lowest BCUT2D eigenvalue weighted by Crippen LogP contribution is -2.41. The number of nitrogens with two attached hydrogens (primary N) is 1. The molecule has 0 fully saturated rings. The predicted molar refractivity (Wildman–Crippen MR) is 84.5 cm³/mol. The second kappa shape index (κ2) is 9.08. The van der Waals surface area contributed by atoms with Crippen LogP contribution in [0.25, 0.3) is 0 Å². The van der Waals surface area contributed by atoms with Gasteiger partial charge in [0.05, 0.1) is 12.7 Å². The molecule has 20 heavy (non-hydrogen) atoms. The molecule has 4 nitrogen and oxygen atoms in total. The molecule has 0 aliphatic rings. The van der Waals surface area contributed by atoms with E-state index in [2.05, 4.69) is 0 Å². The van der Waals surface area contributed by atoms with Crippen LogP contribution in [-0.2, 0) is 0 Å². The van der Waals surface area contributed by atoms with Gasteiger partial charge in [-0.25, -0.2) is 0 Å². The SMILES string of the molecule is CCC(N)C(O)c1ccccc1.CN(C)C(C)(C)CO. The van der Waals surface area contributed by atoms with E-state index >= 15 is 0 Å². The van der Waals surface area contributed by atoms with Gasteiger partial charge in [0.25, 0.3) is 0 Å². The molecule has 0 saturated carbocycles. The van der Waals surface area contributed by atoms with Crippen LogP contribution in [0.15, 0.2) is 30.3 Å². The van der Waals surface area contributed by atoms with E-state index in [0.717, 1.165) is 12.0 Å². The van der Waals surface area contributed by atoms with Gasteiger partial charge >= 0.3 is 0 Å². The molecule has 0 amide bonds. The number of hydrogen-bond acceptors (Lipinski definition) is 4. The van der Waals surface area contributed by atoms with Crippen molar-refractivity contribution in [2.24, 2.45) is 5.73 Å². The molecule has 1 aromatic rings. The van der Waals surface area contributed by atoms with Crippen molar-refractivity contribution in [2.45, 2.75) is 44.9 Å². The molecule has 2 atom stereocenters. The van der Waals surface area contributed by atoms with Crippen LogP contribution in [0.1, 0.15) is 38.9 Å². The highest BCUT2D eigenvalue weighted by atomic mass is 16.3. The summed E-state index contributed by atoms with van der Waals surface area (Å²) in [7, 11) is 3.91. The first-order valence-electron chi connectivity index (χ1n) is 7.03. The summed E-state index contributed by atoms with van der Waals surface area (Å²) in [5, 5.41) is 18.4. The lowest BCUT2D eigenvalue weighted by molar-refractivity contribution is 0.100. The summed E-state index contributed by atoms with van der Waals surface area (Å²) in [5.41, 5.74) is 6.52. The van der Waals surface area contributed by atoms with Crippen molar-refractivity contribution in [3.63, 3.8) is 0 Å². The fourth-order valence-electron chi connectivity index (χ4n) is 1.26. The van der Waals surface area contributed by atoms with Crippen molar-refractivity contribution < 1.29 is 10.2 Å². The number of nitrogens with zero attached hydrogens (tertiary/aromatic N) is 1. The van der Waals surface area contributed by atoms with Gasteiger partial charge < -0.3 is 20.8 Å². The Kier molecular flexibility index (Phi) is 8.65. The van der Waals surface area contributed by atoms with E-state index in [-0.39, 0.29) is 18.2 Å². The maximum atomic E-state index is 9.66.